The molecule has 2 N–H and O–H groups in total. The number of hydrogen-bond acceptors (Lipinski definition) is 3. The van der Waals surface area contributed by atoms with Crippen molar-refractivity contribution >= 4 is 39.3 Å². The Labute approximate surface area is 114 Å². The first-order chi connectivity index (χ1) is 8.24. The van der Waals surface area contributed by atoms with Crippen molar-refractivity contribution in [1.82, 2.24) is 5.32 Å². The number of rotatable bonds is 5. The highest BCUT2D eigenvalue weighted by Crippen LogP contribution is 2.15. The molecule has 1 amide bonds. The molecule has 0 spiro atoms. The Bertz CT molecular complexity index is 379. The van der Waals surface area contributed by atoms with Crippen LogP contribution in [0.3, 0.4) is 0 Å². The molecule has 1 aromatic rings. The molecule has 92 valence electrons. The average molecular weight is 315 g/mol. The second-order valence-electron chi connectivity index (χ2n) is 4.09. The molecule has 1 aromatic carbocycles. The molecule has 5 heteroatoms. The van der Waals surface area contributed by atoms with Crippen LogP contribution in [0.5, 0.6) is 0 Å². The van der Waals surface area contributed by atoms with E-state index in [9.17, 15) is 4.79 Å². The summed E-state index contributed by atoms with van der Waals surface area (Å²) in [6.45, 7) is 2.20. The summed E-state index contributed by atoms with van der Waals surface area (Å²) in [4.78, 5) is 11.6. The molecule has 3 nitrogen and oxygen atoms in total. The molecule has 1 fully saturated rings. The van der Waals surface area contributed by atoms with Gasteiger partial charge in [-0.05, 0) is 49.0 Å². The van der Waals surface area contributed by atoms with Crippen molar-refractivity contribution in [1.29, 1.82) is 0 Å². The summed E-state index contributed by atoms with van der Waals surface area (Å²) in [5.74, 6) is 2.43. The summed E-state index contributed by atoms with van der Waals surface area (Å²) in [5.41, 5.74) is 0.851. The lowest BCUT2D eigenvalue weighted by molar-refractivity contribution is -0.113. The molecule has 1 heterocycles. The quantitative estimate of drug-likeness (QED) is 0.876. The van der Waals surface area contributed by atoms with Crippen molar-refractivity contribution in [3.05, 3.63) is 28.7 Å². The van der Waals surface area contributed by atoms with Crippen LogP contribution in [0.1, 0.15) is 0 Å². The van der Waals surface area contributed by atoms with E-state index in [1.807, 2.05) is 24.3 Å². The van der Waals surface area contributed by atoms with Crippen LogP contribution in [0.15, 0.2) is 28.7 Å². The first kappa shape index (κ1) is 12.9. The Morgan fingerprint density at radius 3 is 2.71 bits per heavy atom. The van der Waals surface area contributed by atoms with Crippen molar-refractivity contribution in [2.24, 2.45) is 5.92 Å². The number of carbonyl (C=O) groups is 1. The standard InChI is InChI=1S/C12H15BrN2OS/c13-10-1-3-11(4-2-10)15-12(16)8-17-7-9-5-14-6-9/h1-4,9,14H,5-8H2,(H,15,16). The molecule has 0 unspecified atom stereocenters. The van der Waals surface area contributed by atoms with Crippen molar-refractivity contribution in [3.63, 3.8) is 0 Å². The van der Waals surface area contributed by atoms with Crippen LogP contribution in [0.25, 0.3) is 0 Å². The highest BCUT2D eigenvalue weighted by molar-refractivity contribution is 9.10. The van der Waals surface area contributed by atoms with Crippen LogP contribution in [0, 0.1) is 5.92 Å². The molecular formula is C12H15BrN2OS. The molecule has 1 aliphatic heterocycles. The van der Waals surface area contributed by atoms with Crippen molar-refractivity contribution in [2.75, 3.05) is 29.9 Å². The van der Waals surface area contributed by atoms with Crippen molar-refractivity contribution in [2.45, 2.75) is 0 Å². The number of halogens is 1. The maximum absolute atomic E-state index is 11.6. The van der Waals surface area contributed by atoms with E-state index < -0.39 is 0 Å². The van der Waals surface area contributed by atoms with Gasteiger partial charge < -0.3 is 10.6 Å². The number of carbonyl (C=O) groups excluding carboxylic acids is 1. The summed E-state index contributed by atoms with van der Waals surface area (Å²) in [6.07, 6.45) is 0. The van der Waals surface area contributed by atoms with Crippen LogP contribution >= 0.6 is 27.7 Å². The number of amides is 1. The number of nitrogens with one attached hydrogen (secondary N) is 2. The van der Waals surface area contributed by atoms with Crippen molar-refractivity contribution < 1.29 is 4.79 Å². The molecule has 0 aromatic heterocycles. The van der Waals surface area contributed by atoms with Crippen LogP contribution < -0.4 is 10.6 Å². The monoisotopic (exact) mass is 314 g/mol. The van der Waals surface area contributed by atoms with Gasteiger partial charge in [-0.25, -0.2) is 0 Å². The van der Waals surface area contributed by atoms with E-state index in [0.717, 1.165) is 34.9 Å². The number of anilines is 1. The van der Waals surface area contributed by atoms with Crippen LogP contribution in [0.4, 0.5) is 5.69 Å². The van der Waals surface area contributed by atoms with Gasteiger partial charge in [-0.2, -0.15) is 11.8 Å². The van der Waals surface area contributed by atoms with E-state index in [1.54, 1.807) is 11.8 Å². The highest BCUT2D eigenvalue weighted by atomic mass is 79.9. The molecule has 0 atom stereocenters. The first-order valence-corrected chi connectivity index (χ1v) is 7.52. The predicted octanol–water partition coefficient (Wildman–Crippen LogP) is 2.34. The zero-order valence-corrected chi connectivity index (χ0v) is 11.8. The fraction of sp³-hybridized carbons (Fsp3) is 0.417. The van der Waals surface area contributed by atoms with Crippen LogP contribution in [0.2, 0.25) is 0 Å². The fourth-order valence-electron chi connectivity index (χ4n) is 1.51. The Morgan fingerprint density at radius 2 is 2.12 bits per heavy atom. The van der Waals surface area contributed by atoms with E-state index in [0.29, 0.717) is 5.75 Å². The van der Waals surface area contributed by atoms with Gasteiger partial charge in [0.2, 0.25) is 5.91 Å². The largest absolute Gasteiger partial charge is 0.325 e. The molecular weight excluding hydrogens is 300 g/mol. The predicted molar refractivity (Wildman–Crippen MR) is 76.5 cm³/mol. The molecule has 0 radical (unpaired) electrons. The highest BCUT2D eigenvalue weighted by Gasteiger charge is 2.16. The zero-order chi connectivity index (χ0) is 12.1. The molecule has 0 bridgehead atoms. The lowest BCUT2D eigenvalue weighted by Crippen LogP contribution is -2.43. The Morgan fingerprint density at radius 1 is 1.41 bits per heavy atom. The number of benzene rings is 1. The Kier molecular flexibility index (Phi) is 4.88. The number of thioether (sulfide) groups is 1. The van der Waals surface area contributed by atoms with Gasteiger partial charge in [-0.1, -0.05) is 15.9 Å². The van der Waals surface area contributed by atoms with E-state index in [2.05, 4.69) is 26.6 Å². The Hall–Kier alpha value is -0.520. The van der Waals surface area contributed by atoms with Gasteiger partial charge in [0.25, 0.3) is 0 Å². The van der Waals surface area contributed by atoms with Crippen molar-refractivity contribution in [3.8, 4) is 0 Å². The summed E-state index contributed by atoms with van der Waals surface area (Å²) >= 11 is 5.07. The summed E-state index contributed by atoms with van der Waals surface area (Å²) < 4.78 is 1.02. The maximum Gasteiger partial charge on any atom is 0.234 e. The van der Waals surface area contributed by atoms with Crippen LogP contribution in [-0.2, 0) is 4.79 Å². The van der Waals surface area contributed by atoms with E-state index >= 15 is 0 Å². The molecule has 0 aliphatic carbocycles. The zero-order valence-electron chi connectivity index (χ0n) is 9.41. The number of hydrogen-bond donors (Lipinski definition) is 2. The van der Waals surface area contributed by atoms with Gasteiger partial charge in [0.15, 0.2) is 0 Å². The van der Waals surface area contributed by atoms with Gasteiger partial charge in [0.05, 0.1) is 5.75 Å². The minimum Gasteiger partial charge on any atom is -0.325 e. The summed E-state index contributed by atoms with van der Waals surface area (Å²) in [5, 5.41) is 6.11. The second-order valence-corrected chi connectivity index (χ2v) is 6.04. The molecule has 17 heavy (non-hydrogen) atoms. The first-order valence-electron chi connectivity index (χ1n) is 5.58. The molecule has 1 aliphatic rings. The van der Waals surface area contributed by atoms with E-state index in [1.165, 1.54) is 0 Å². The second kappa shape index (κ2) is 6.42. The third kappa shape index (κ3) is 4.33. The smallest absolute Gasteiger partial charge is 0.234 e. The third-order valence-electron chi connectivity index (χ3n) is 2.58. The minimum absolute atomic E-state index is 0.0737. The van der Waals surface area contributed by atoms with Gasteiger partial charge in [-0.15, -0.1) is 0 Å². The maximum atomic E-state index is 11.6. The van der Waals surface area contributed by atoms with Gasteiger partial charge in [-0.3, -0.25) is 4.79 Å². The average Bonchev–Trinajstić information content (AvgIpc) is 2.25. The lowest BCUT2D eigenvalue weighted by atomic mass is 10.1. The lowest BCUT2D eigenvalue weighted by Gasteiger charge is -2.26. The molecule has 1 saturated heterocycles. The SMILES string of the molecule is O=C(CSCC1CNC1)Nc1ccc(Br)cc1. The molecule has 2 rings (SSSR count). The van der Waals surface area contributed by atoms with Gasteiger partial charge >= 0.3 is 0 Å². The normalized spacial score (nSPS) is 15.4. The van der Waals surface area contributed by atoms with Gasteiger partial charge in [0, 0.05) is 10.2 Å². The van der Waals surface area contributed by atoms with E-state index in [-0.39, 0.29) is 5.91 Å². The van der Waals surface area contributed by atoms with Crippen LogP contribution in [-0.4, -0.2) is 30.5 Å². The topological polar surface area (TPSA) is 41.1 Å². The van der Waals surface area contributed by atoms with Gasteiger partial charge in [0.1, 0.15) is 0 Å². The molecule has 0 saturated carbocycles. The van der Waals surface area contributed by atoms with E-state index in [4.69, 9.17) is 0 Å². The third-order valence-corrected chi connectivity index (χ3v) is 4.28. The Balaban J connectivity index is 1.67. The minimum atomic E-state index is 0.0737. The fourth-order valence-corrected chi connectivity index (χ4v) is 2.72. The summed E-state index contributed by atoms with van der Waals surface area (Å²) in [6, 6.07) is 7.62. The summed E-state index contributed by atoms with van der Waals surface area (Å²) in [7, 11) is 0.